The molecule has 432 valence electrons. The molecule has 2 aliphatic heterocycles. The number of carbonyl (C=O) groups excluding carboxylic acids is 5. The Kier molecular flexibility index (Phi) is 24.8. The van der Waals surface area contributed by atoms with Crippen molar-refractivity contribution in [2.75, 3.05) is 23.7 Å². The Morgan fingerprint density at radius 1 is 0.671 bits per heavy atom. The van der Waals surface area contributed by atoms with E-state index in [0.717, 1.165) is 22.3 Å². The predicted molar refractivity (Wildman–Crippen MR) is 315 cm³/mol. The van der Waals surface area contributed by atoms with Gasteiger partial charge in [-0.05, 0) is 49.2 Å². The molecule has 82 heavy (non-hydrogen) atoms. The number of Topliss-reactive ketones (excluding diaryl/α,β-unsaturated/α-hetero) is 2. The minimum atomic E-state index is -1.37. The third-order valence-corrected chi connectivity index (χ3v) is 12.3. The number of carboxylic acid groups (broad SMARTS) is 1. The molecule has 8 heterocycles. The van der Waals surface area contributed by atoms with Crippen molar-refractivity contribution in [1.29, 1.82) is 0 Å². The molecule has 0 unspecified atom stereocenters. The largest absolute Gasteiger partial charge is 0.480 e. The van der Waals surface area contributed by atoms with E-state index in [2.05, 4.69) is 88.4 Å². The molecule has 2 saturated heterocycles. The fraction of sp³-hybridized carbons (Fsp3) is 0.294. The van der Waals surface area contributed by atoms with E-state index >= 15 is 0 Å². The van der Waals surface area contributed by atoms with Crippen molar-refractivity contribution in [1.82, 2.24) is 69.6 Å². The second-order valence-corrected chi connectivity index (χ2v) is 18.4. The SMILES string of the molecule is C.CC(=O)c1nn(CC(=O)N2C[C@H](F)C[C@H]2C(=O)Nc2cncc(Cl)n2)c2ccc(-c3cnc(C)nc3)cc12.CC(=O)c1nn(CC(=O)O)c2ccc(-c3cnc(C)nc3)cc12.Cl.O=C(Nc1cncc(Cl)n1)[C@@H]1C[C@@H](F)CN1.S.S=S. The Morgan fingerprint density at radius 3 is 1.54 bits per heavy atom. The number of ketones is 2. The third-order valence-electron chi connectivity index (χ3n) is 11.9. The average Bonchev–Trinajstić information content (AvgIpc) is 4.23. The number of hydrogen-bond acceptors (Lipinski definition) is 19. The Bertz CT molecular complexity index is 3590. The number of halogens is 5. The van der Waals surface area contributed by atoms with Crippen LogP contribution in [0.5, 0.6) is 0 Å². The maximum Gasteiger partial charge on any atom is 0.325 e. The molecule has 0 spiro atoms. The Morgan fingerprint density at radius 2 is 1.12 bits per heavy atom. The highest BCUT2D eigenvalue weighted by Gasteiger charge is 2.40. The van der Waals surface area contributed by atoms with Gasteiger partial charge in [-0.2, -0.15) is 23.7 Å². The van der Waals surface area contributed by atoms with Crippen LogP contribution >= 0.6 is 49.1 Å². The van der Waals surface area contributed by atoms with Crippen LogP contribution in [0.2, 0.25) is 10.3 Å². The van der Waals surface area contributed by atoms with E-state index in [0.29, 0.717) is 33.5 Å². The highest BCUT2D eigenvalue weighted by molar-refractivity contribution is 8.07. The van der Waals surface area contributed by atoms with Crippen LogP contribution < -0.4 is 16.0 Å². The molecule has 0 radical (unpaired) electrons. The number of carboxylic acids is 1. The highest BCUT2D eigenvalue weighted by Crippen LogP contribution is 2.29. The number of fused-ring (bicyclic) bond motifs is 2. The van der Waals surface area contributed by atoms with E-state index in [4.69, 9.17) is 28.3 Å². The van der Waals surface area contributed by atoms with Crippen LogP contribution in [0.15, 0.2) is 86.0 Å². The summed E-state index contributed by atoms with van der Waals surface area (Å²) in [6.07, 6.45) is 9.81. The van der Waals surface area contributed by atoms with Crippen molar-refractivity contribution in [3.05, 3.63) is 119 Å². The zero-order valence-corrected chi connectivity index (χ0v) is 48.0. The minimum Gasteiger partial charge on any atom is -0.480 e. The number of carbonyl (C=O) groups is 6. The number of alkyl halides is 2. The fourth-order valence-corrected chi connectivity index (χ4v) is 8.63. The molecular weight excluding hydrogens is 1190 g/mol. The number of aryl methyl sites for hydroxylation is 2. The zero-order valence-electron chi connectivity index (χ0n) is 43.1. The Labute approximate surface area is 500 Å². The van der Waals surface area contributed by atoms with Gasteiger partial charge in [-0.3, -0.25) is 48.1 Å². The van der Waals surface area contributed by atoms with E-state index in [-0.39, 0.29) is 123 Å². The van der Waals surface area contributed by atoms with E-state index in [9.17, 15) is 37.5 Å². The first-order valence-corrected chi connectivity index (χ1v) is 25.8. The standard InChI is InChI=1S/C25H22ClFN8O3.C16H14N4O3.C9H10ClFN4O.CH4.ClH.S2.H2S/c1-13(36)24-18-5-15(16-7-29-14(2)30-8-16)3-4-19(18)35(33-24)12-23(37)34-11-17(27)6-20(34)25(38)32-22-10-28-9-21(26)31-22;1-9(21)16-13-5-11(12-6-17-10(2)18-7-12)3-4-14(13)20(19-16)8-15(22)23;10-7-3-12-4-8(14-7)15-9(16)6-1-5(11)2-13-6;;;1-2;/h3-5,7-10,17,20H,6,11-12H2,1-2H3,(H,31,32,38);3-7H,8H2,1-2H3,(H,22,23);3-6,13H,1-2H2,(H,14,15,16);1H4;1H;;1H2/t17-,20+;;5-,6+;;;;/m1.1..../s1. The molecule has 6 aromatic heterocycles. The number of benzene rings is 2. The van der Waals surface area contributed by atoms with Crippen LogP contribution in [0.25, 0.3) is 44.1 Å². The van der Waals surface area contributed by atoms with Gasteiger partial charge in [0.1, 0.15) is 64.8 Å². The van der Waals surface area contributed by atoms with Crippen molar-refractivity contribution >= 4 is 140 Å². The van der Waals surface area contributed by atoms with Gasteiger partial charge in [-0.15, -0.1) is 12.4 Å². The fourth-order valence-electron chi connectivity index (χ4n) is 8.34. The summed E-state index contributed by atoms with van der Waals surface area (Å²) < 4.78 is 29.9. The lowest BCUT2D eigenvalue weighted by molar-refractivity contribution is -0.138. The Hall–Kier alpha value is -7.60. The highest BCUT2D eigenvalue weighted by atomic mass is 35.5. The molecule has 8 aromatic rings. The summed E-state index contributed by atoms with van der Waals surface area (Å²) in [5, 5.41) is 26.8. The van der Waals surface area contributed by atoms with E-state index in [1.54, 1.807) is 56.8 Å². The van der Waals surface area contributed by atoms with Crippen LogP contribution in [0.1, 0.15) is 66.7 Å². The van der Waals surface area contributed by atoms with Gasteiger partial charge in [0.15, 0.2) is 23.2 Å². The maximum atomic E-state index is 14.4. The van der Waals surface area contributed by atoms with E-state index in [1.807, 2.05) is 18.2 Å². The van der Waals surface area contributed by atoms with Gasteiger partial charge in [0, 0.05) is 102 Å². The maximum absolute atomic E-state index is 14.4. The first kappa shape index (κ1) is 66.9. The molecule has 23 nitrogen and oxygen atoms in total. The summed E-state index contributed by atoms with van der Waals surface area (Å²) in [5.74, 6) is -1.27. The van der Waals surface area contributed by atoms with Gasteiger partial charge in [0.05, 0.1) is 48.4 Å². The summed E-state index contributed by atoms with van der Waals surface area (Å²) >= 11 is 18.8. The molecule has 0 bridgehead atoms. The van der Waals surface area contributed by atoms with Crippen LogP contribution in [0.3, 0.4) is 0 Å². The third kappa shape index (κ3) is 17.0. The molecule has 2 aromatic carbocycles. The molecule has 0 aliphatic carbocycles. The number of rotatable bonds is 12. The second-order valence-electron chi connectivity index (χ2n) is 17.6. The number of amides is 3. The van der Waals surface area contributed by atoms with Gasteiger partial charge in [0.25, 0.3) is 0 Å². The van der Waals surface area contributed by atoms with Crippen LogP contribution in [-0.4, -0.2) is 142 Å². The molecule has 2 aliphatic rings. The van der Waals surface area contributed by atoms with Crippen molar-refractivity contribution in [2.45, 2.75) is 85.5 Å². The number of aliphatic carboxylic acids is 1. The van der Waals surface area contributed by atoms with Gasteiger partial charge in [-0.25, -0.2) is 38.7 Å². The molecular formula is C51H53Cl3F2N16O7S3. The minimum absolute atomic E-state index is 0. The van der Waals surface area contributed by atoms with Gasteiger partial charge >= 0.3 is 5.97 Å². The number of nitrogens with zero attached hydrogens (tertiary/aromatic N) is 13. The number of anilines is 2. The molecule has 3 amide bonds. The summed E-state index contributed by atoms with van der Waals surface area (Å²) in [6.45, 7) is 5.77. The number of likely N-dealkylation sites (tertiary alicyclic amines) is 1. The first-order chi connectivity index (χ1) is 37.8. The average molecular weight is 1240 g/mol. The second kappa shape index (κ2) is 30.5. The Balaban J connectivity index is 0.000000280. The van der Waals surface area contributed by atoms with Crippen molar-refractivity contribution in [2.24, 2.45) is 0 Å². The van der Waals surface area contributed by atoms with E-state index < -0.39 is 42.2 Å². The lowest BCUT2D eigenvalue weighted by atomic mass is 10.0. The number of aromatic nitrogens is 12. The lowest BCUT2D eigenvalue weighted by Crippen LogP contribution is -2.44. The smallest absolute Gasteiger partial charge is 0.325 e. The monoisotopic (exact) mass is 1240 g/mol. The topological polar surface area (TPSA) is 301 Å². The van der Waals surface area contributed by atoms with Gasteiger partial charge in [0.2, 0.25) is 17.7 Å². The number of nitrogens with one attached hydrogen (secondary N) is 3. The molecule has 31 heteroatoms. The molecule has 2 fully saturated rings. The van der Waals surface area contributed by atoms with Crippen molar-refractivity contribution in [3.63, 3.8) is 0 Å². The van der Waals surface area contributed by atoms with E-state index in [1.165, 1.54) is 52.9 Å². The molecule has 0 saturated carbocycles. The van der Waals surface area contributed by atoms with Gasteiger partial charge in [-0.1, -0.05) is 42.8 Å². The summed E-state index contributed by atoms with van der Waals surface area (Å²) in [5.41, 5.74) is 4.82. The quantitative estimate of drug-likeness (QED) is 0.0891. The molecule has 10 rings (SSSR count). The molecule has 4 N–H and O–H groups in total. The van der Waals surface area contributed by atoms with Crippen LogP contribution in [-0.2, 0) is 54.6 Å². The first-order valence-electron chi connectivity index (χ1n) is 23.7. The normalized spacial score (nSPS) is 15.8. The summed E-state index contributed by atoms with van der Waals surface area (Å²) in [7, 11) is 0. The van der Waals surface area contributed by atoms with Crippen LogP contribution in [0, 0.1) is 13.8 Å². The van der Waals surface area contributed by atoms with Crippen molar-refractivity contribution in [3.8, 4) is 22.3 Å². The zero-order chi connectivity index (χ0) is 57.1. The van der Waals surface area contributed by atoms with Gasteiger partial charge < -0.3 is 26.0 Å². The lowest BCUT2D eigenvalue weighted by Gasteiger charge is -2.23. The predicted octanol–water partition coefficient (Wildman–Crippen LogP) is 7.05. The summed E-state index contributed by atoms with van der Waals surface area (Å²) in [6, 6.07) is 9.19. The summed E-state index contributed by atoms with van der Waals surface area (Å²) in [4.78, 5) is 106. The number of hydrogen-bond donors (Lipinski definition) is 4. The van der Waals surface area contributed by atoms with Crippen LogP contribution in [0.4, 0.5) is 20.4 Å². The molecule has 4 atom stereocenters. The van der Waals surface area contributed by atoms with Crippen molar-refractivity contribution < 1.29 is 42.7 Å².